The highest BCUT2D eigenvalue weighted by Gasteiger charge is 2.38. The first-order valence-corrected chi connectivity index (χ1v) is 11.1. The fourth-order valence-corrected chi connectivity index (χ4v) is 5.44. The molecule has 6 heteroatoms. The first-order valence-electron chi connectivity index (χ1n) is 9.60. The van der Waals surface area contributed by atoms with E-state index in [-0.39, 0.29) is 15.2 Å². The Labute approximate surface area is 172 Å². The van der Waals surface area contributed by atoms with Gasteiger partial charge in [0.15, 0.2) is 11.6 Å². The molecule has 0 unspecified atom stereocenters. The first kappa shape index (κ1) is 19.6. The number of hydrogen-bond donors (Lipinski definition) is 0. The second kappa shape index (κ2) is 6.39. The number of fused-ring (bicyclic) bond motifs is 2. The fraction of sp³-hybridized carbons (Fsp3) is 0.304. The quantitative estimate of drug-likeness (QED) is 0.427. The SMILES string of the molecule is Cc1cnc2c(c1)S(=O)(=O)c1cccnc1N2c1c(C)cc(C(C)(C)C)cc1C. The van der Waals surface area contributed by atoms with E-state index in [9.17, 15) is 8.42 Å². The van der Waals surface area contributed by atoms with Crippen molar-refractivity contribution in [2.45, 2.75) is 56.7 Å². The van der Waals surface area contributed by atoms with Crippen molar-refractivity contribution in [1.82, 2.24) is 9.97 Å². The molecule has 0 atom stereocenters. The molecule has 150 valence electrons. The third-order valence-electron chi connectivity index (χ3n) is 5.30. The zero-order chi connectivity index (χ0) is 21.1. The van der Waals surface area contributed by atoms with Gasteiger partial charge in [-0.3, -0.25) is 4.90 Å². The van der Waals surface area contributed by atoms with Gasteiger partial charge in [0, 0.05) is 12.4 Å². The predicted octanol–water partition coefficient (Wildman–Crippen LogP) is 5.32. The number of aromatic nitrogens is 2. The van der Waals surface area contributed by atoms with Gasteiger partial charge in [-0.25, -0.2) is 18.4 Å². The third-order valence-corrected chi connectivity index (χ3v) is 7.08. The van der Waals surface area contributed by atoms with Gasteiger partial charge in [0.05, 0.1) is 5.69 Å². The maximum absolute atomic E-state index is 13.3. The van der Waals surface area contributed by atoms with Crippen molar-refractivity contribution in [2.24, 2.45) is 0 Å². The number of aryl methyl sites for hydroxylation is 3. The summed E-state index contributed by atoms with van der Waals surface area (Å²) in [6.07, 6.45) is 3.32. The van der Waals surface area contributed by atoms with Gasteiger partial charge in [0.2, 0.25) is 9.84 Å². The summed E-state index contributed by atoms with van der Waals surface area (Å²) in [5, 5.41) is 0. The number of rotatable bonds is 1. The molecule has 0 N–H and O–H groups in total. The van der Waals surface area contributed by atoms with Gasteiger partial charge in [-0.05, 0) is 66.6 Å². The lowest BCUT2D eigenvalue weighted by Gasteiger charge is -2.33. The van der Waals surface area contributed by atoms with Crippen LogP contribution in [0, 0.1) is 20.8 Å². The molecule has 0 fully saturated rings. The number of anilines is 3. The van der Waals surface area contributed by atoms with Gasteiger partial charge in [-0.2, -0.15) is 0 Å². The Hall–Kier alpha value is -2.73. The molecule has 2 aromatic heterocycles. The number of nitrogens with zero attached hydrogens (tertiary/aromatic N) is 3. The van der Waals surface area contributed by atoms with Gasteiger partial charge >= 0.3 is 0 Å². The van der Waals surface area contributed by atoms with Crippen LogP contribution in [0.5, 0.6) is 0 Å². The molecule has 29 heavy (non-hydrogen) atoms. The van der Waals surface area contributed by atoms with Gasteiger partial charge < -0.3 is 0 Å². The van der Waals surface area contributed by atoms with E-state index < -0.39 is 9.84 Å². The van der Waals surface area contributed by atoms with Crippen LogP contribution in [-0.4, -0.2) is 18.4 Å². The Morgan fingerprint density at radius 3 is 2.14 bits per heavy atom. The van der Waals surface area contributed by atoms with Gasteiger partial charge in [0.25, 0.3) is 0 Å². The van der Waals surface area contributed by atoms with Crippen molar-refractivity contribution in [3.63, 3.8) is 0 Å². The number of hydrogen-bond acceptors (Lipinski definition) is 5. The van der Waals surface area contributed by atoms with E-state index in [4.69, 9.17) is 0 Å². The molecule has 0 spiro atoms. The molecule has 0 aliphatic carbocycles. The number of pyridine rings is 2. The minimum atomic E-state index is -3.69. The Morgan fingerprint density at radius 2 is 1.52 bits per heavy atom. The Bertz CT molecular complexity index is 1220. The van der Waals surface area contributed by atoms with E-state index in [0.717, 1.165) is 22.4 Å². The van der Waals surface area contributed by atoms with Crippen molar-refractivity contribution >= 4 is 27.2 Å². The zero-order valence-electron chi connectivity index (χ0n) is 17.6. The summed E-state index contributed by atoms with van der Waals surface area (Å²) in [6.45, 7) is 12.5. The van der Waals surface area contributed by atoms with Crippen LogP contribution >= 0.6 is 0 Å². The molecule has 3 heterocycles. The lowest BCUT2D eigenvalue weighted by Crippen LogP contribution is -2.26. The largest absolute Gasteiger partial charge is 0.276 e. The predicted molar refractivity (Wildman–Crippen MR) is 115 cm³/mol. The minimum Gasteiger partial charge on any atom is -0.276 e. The third kappa shape index (κ3) is 3.02. The highest BCUT2D eigenvalue weighted by Crippen LogP contribution is 2.48. The lowest BCUT2D eigenvalue weighted by atomic mass is 9.84. The van der Waals surface area contributed by atoms with Crippen molar-refractivity contribution in [2.75, 3.05) is 4.90 Å². The van der Waals surface area contributed by atoms with E-state index in [1.165, 1.54) is 5.56 Å². The van der Waals surface area contributed by atoms with Crippen molar-refractivity contribution in [3.8, 4) is 0 Å². The smallest absolute Gasteiger partial charge is 0.213 e. The van der Waals surface area contributed by atoms with Crippen LogP contribution in [0.4, 0.5) is 17.3 Å². The van der Waals surface area contributed by atoms with Gasteiger partial charge in [-0.15, -0.1) is 0 Å². The van der Waals surface area contributed by atoms with Crippen LogP contribution in [0.15, 0.2) is 52.5 Å². The molecule has 1 aromatic carbocycles. The summed E-state index contributed by atoms with van der Waals surface area (Å²) >= 11 is 0. The van der Waals surface area contributed by atoms with Gasteiger partial charge in [0.1, 0.15) is 9.79 Å². The molecule has 0 radical (unpaired) electrons. The lowest BCUT2D eigenvalue weighted by molar-refractivity contribution is 0.589. The average Bonchev–Trinajstić information content (AvgIpc) is 2.63. The van der Waals surface area contributed by atoms with Crippen LogP contribution in [0.25, 0.3) is 0 Å². The van der Waals surface area contributed by atoms with Crippen LogP contribution in [0.2, 0.25) is 0 Å². The summed E-state index contributed by atoms with van der Waals surface area (Å²) in [5.41, 5.74) is 5.09. The number of benzene rings is 1. The van der Waals surface area contributed by atoms with Crippen LogP contribution in [0.1, 0.15) is 43.0 Å². The van der Waals surface area contributed by atoms with E-state index in [0.29, 0.717) is 11.6 Å². The highest BCUT2D eigenvalue weighted by molar-refractivity contribution is 7.92. The summed E-state index contributed by atoms with van der Waals surface area (Å²) in [7, 11) is -3.69. The average molecular weight is 408 g/mol. The maximum atomic E-state index is 13.3. The summed E-state index contributed by atoms with van der Waals surface area (Å²) in [5.74, 6) is 0.794. The summed E-state index contributed by atoms with van der Waals surface area (Å²) in [6, 6.07) is 9.30. The topological polar surface area (TPSA) is 63.2 Å². The van der Waals surface area contributed by atoms with Gasteiger partial charge in [-0.1, -0.05) is 32.9 Å². The summed E-state index contributed by atoms with van der Waals surface area (Å²) in [4.78, 5) is 11.3. The molecule has 0 amide bonds. The fourth-order valence-electron chi connectivity index (χ4n) is 3.83. The van der Waals surface area contributed by atoms with E-state index in [1.807, 2.05) is 11.8 Å². The molecule has 1 aliphatic heterocycles. The first-order chi connectivity index (χ1) is 13.5. The molecule has 5 nitrogen and oxygen atoms in total. The Kier molecular flexibility index (Phi) is 4.31. The zero-order valence-corrected chi connectivity index (χ0v) is 18.4. The molecule has 0 saturated heterocycles. The second-order valence-corrected chi connectivity index (χ2v) is 10.6. The van der Waals surface area contributed by atoms with Crippen molar-refractivity contribution in [3.05, 3.63) is 65.0 Å². The molecule has 1 aliphatic rings. The van der Waals surface area contributed by atoms with Crippen LogP contribution in [-0.2, 0) is 15.3 Å². The van der Waals surface area contributed by atoms with E-state index >= 15 is 0 Å². The second-order valence-electron chi connectivity index (χ2n) is 8.71. The van der Waals surface area contributed by atoms with Crippen LogP contribution in [0.3, 0.4) is 0 Å². The molecular weight excluding hydrogens is 382 g/mol. The standard InChI is InChI=1S/C23H25N3O2S/c1-14-10-19-22(25-13-14)26(21-18(29(19,27)28)8-7-9-24-21)20-15(2)11-17(12-16(20)3)23(4,5)6/h7-13H,1-6H3. The Balaban J connectivity index is 2.07. The summed E-state index contributed by atoms with van der Waals surface area (Å²) < 4.78 is 26.5. The van der Waals surface area contributed by atoms with Crippen molar-refractivity contribution in [1.29, 1.82) is 0 Å². The number of sulfone groups is 1. The van der Waals surface area contributed by atoms with Crippen molar-refractivity contribution < 1.29 is 8.42 Å². The van der Waals surface area contributed by atoms with Crippen LogP contribution < -0.4 is 4.90 Å². The molecule has 0 saturated carbocycles. The maximum Gasteiger partial charge on any atom is 0.213 e. The van der Waals surface area contributed by atoms with E-state index in [2.05, 4.69) is 56.7 Å². The molecule has 3 aromatic rings. The monoisotopic (exact) mass is 407 g/mol. The van der Waals surface area contributed by atoms with E-state index in [1.54, 1.807) is 30.6 Å². The molecule has 4 rings (SSSR count). The molecule has 0 bridgehead atoms. The minimum absolute atomic E-state index is 0.0166. The Morgan fingerprint density at radius 1 is 0.897 bits per heavy atom. The molecular formula is C23H25N3O2S. The normalized spacial score (nSPS) is 15.0. The highest BCUT2D eigenvalue weighted by atomic mass is 32.2.